The van der Waals surface area contributed by atoms with Gasteiger partial charge >= 0.3 is 0 Å². The monoisotopic (exact) mass is 442 g/mol. The van der Waals surface area contributed by atoms with E-state index in [4.69, 9.17) is 0 Å². The maximum Gasteiger partial charge on any atom is 0.254 e. The number of rotatable bonds is 3. The number of halogens is 1. The number of likely N-dealkylation sites (tertiary alicyclic amines) is 1. The molecule has 3 saturated heterocycles. The highest BCUT2D eigenvalue weighted by molar-refractivity contribution is 6.00. The lowest BCUT2D eigenvalue weighted by atomic mass is 10.1. The van der Waals surface area contributed by atoms with E-state index in [1.165, 1.54) is 28.0 Å². The lowest BCUT2D eigenvalue weighted by Crippen LogP contribution is -2.52. The van der Waals surface area contributed by atoms with Crippen molar-refractivity contribution in [3.05, 3.63) is 35.6 Å². The summed E-state index contributed by atoms with van der Waals surface area (Å²) in [6, 6.07) is 3.15. The lowest BCUT2D eigenvalue weighted by molar-refractivity contribution is -0.138. The first kappa shape index (κ1) is 20.9. The van der Waals surface area contributed by atoms with Gasteiger partial charge in [-0.1, -0.05) is 18.9 Å². The van der Waals surface area contributed by atoms with Crippen LogP contribution in [0.4, 0.5) is 4.39 Å². The summed E-state index contributed by atoms with van der Waals surface area (Å²) in [6.07, 6.45) is 4.70. The van der Waals surface area contributed by atoms with Crippen LogP contribution in [0.3, 0.4) is 0 Å². The standard InChI is InChI=1S/C23H27FN4O4/c24-15-7-3-6-14(10-15)22(31)27-9-8-17-19(27)23(32)28-12-16(11-18(28)21(30)26-17)25-20(29)13-4-1-2-5-13/h3,6-7,10,13,16-19H,1-2,4-5,8-9,11-12H2,(H,25,29)(H,26,30). The van der Waals surface area contributed by atoms with Gasteiger partial charge in [0.2, 0.25) is 17.7 Å². The van der Waals surface area contributed by atoms with E-state index < -0.39 is 29.8 Å². The van der Waals surface area contributed by atoms with Gasteiger partial charge in [-0.05, 0) is 43.9 Å². The molecule has 1 saturated carbocycles. The molecule has 0 bridgehead atoms. The van der Waals surface area contributed by atoms with Crippen molar-refractivity contribution < 1.29 is 23.6 Å². The van der Waals surface area contributed by atoms with Crippen LogP contribution in [0, 0.1) is 11.7 Å². The Hall–Kier alpha value is -2.97. The highest BCUT2D eigenvalue weighted by atomic mass is 19.1. The molecule has 1 aliphatic carbocycles. The summed E-state index contributed by atoms with van der Waals surface area (Å²) in [5.41, 5.74) is 0.175. The molecule has 2 N–H and O–H groups in total. The van der Waals surface area contributed by atoms with Gasteiger partial charge in [-0.15, -0.1) is 0 Å². The summed E-state index contributed by atoms with van der Waals surface area (Å²) in [5, 5.41) is 5.97. The number of fused-ring (bicyclic) bond motifs is 2. The number of benzene rings is 1. The van der Waals surface area contributed by atoms with Gasteiger partial charge in [-0.25, -0.2) is 4.39 Å². The summed E-state index contributed by atoms with van der Waals surface area (Å²) >= 11 is 0. The Kier molecular flexibility index (Phi) is 5.35. The Bertz CT molecular complexity index is 963. The second-order valence-corrected chi connectivity index (χ2v) is 9.29. The van der Waals surface area contributed by atoms with Gasteiger partial charge in [-0.2, -0.15) is 0 Å². The summed E-state index contributed by atoms with van der Waals surface area (Å²) in [5.74, 6) is -1.48. The molecule has 1 aromatic carbocycles. The molecule has 4 unspecified atom stereocenters. The summed E-state index contributed by atoms with van der Waals surface area (Å²) in [6.45, 7) is 0.553. The van der Waals surface area contributed by atoms with E-state index in [9.17, 15) is 23.6 Å². The molecule has 4 atom stereocenters. The third kappa shape index (κ3) is 3.63. The Labute approximate surface area is 185 Å². The smallest absolute Gasteiger partial charge is 0.254 e. The average Bonchev–Trinajstić information content (AvgIpc) is 3.51. The van der Waals surface area contributed by atoms with Gasteiger partial charge in [0.05, 0.1) is 6.04 Å². The van der Waals surface area contributed by atoms with Crippen LogP contribution in [0.5, 0.6) is 0 Å². The quantitative estimate of drug-likeness (QED) is 0.724. The molecule has 4 amide bonds. The Morgan fingerprint density at radius 2 is 1.91 bits per heavy atom. The predicted molar refractivity (Wildman–Crippen MR) is 112 cm³/mol. The predicted octanol–water partition coefficient (Wildman–Crippen LogP) is 0.815. The molecular formula is C23H27FN4O4. The molecule has 3 heterocycles. The molecular weight excluding hydrogens is 415 g/mol. The van der Waals surface area contributed by atoms with Crippen molar-refractivity contribution in [3.8, 4) is 0 Å². The van der Waals surface area contributed by atoms with Crippen molar-refractivity contribution in [2.24, 2.45) is 5.92 Å². The normalized spacial score (nSPS) is 30.0. The first-order valence-electron chi connectivity index (χ1n) is 11.4. The summed E-state index contributed by atoms with van der Waals surface area (Å²) < 4.78 is 13.6. The molecule has 32 heavy (non-hydrogen) atoms. The SMILES string of the molecule is O=C(NC1CC2C(=O)NC3CCN(C(=O)c4cccc(F)c4)C3C(=O)N2C1)C1CCCC1. The minimum absolute atomic E-state index is 0.000307. The minimum Gasteiger partial charge on any atom is -0.351 e. The molecule has 0 spiro atoms. The molecule has 3 aliphatic heterocycles. The highest BCUT2D eigenvalue weighted by Gasteiger charge is 2.52. The van der Waals surface area contributed by atoms with E-state index in [2.05, 4.69) is 10.6 Å². The van der Waals surface area contributed by atoms with Crippen LogP contribution >= 0.6 is 0 Å². The number of hydrogen-bond acceptors (Lipinski definition) is 4. The second kappa shape index (κ2) is 8.18. The van der Waals surface area contributed by atoms with Crippen molar-refractivity contribution >= 4 is 23.6 Å². The number of carbonyl (C=O) groups is 4. The lowest BCUT2D eigenvalue weighted by Gasteiger charge is -2.29. The molecule has 0 aromatic heterocycles. The summed E-state index contributed by atoms with van der Waals surface area (Å²) in [7, 11) is 0. The fraction of sp³-hybridized carbons (Fsp3) is 0.565. The molecule has 170 valence electrons. The Balaban J connectivity index is 1.33. The molecule has 4 fully saturated rings. The molecule has 5 rings (SSSR count). The van der Waals surface area contributed by atoms with Crippen LogP contribution in [0.1, 0.15) is 48.9 Å². The maximum atomic E-state index is 13.6. The van der Waals surface area contributed by atoms with Gasteiger partial charge in [0.15, 0.2) is 0 Å². The fourth-order valence-corrected chi connectivity index (χ4v) is 5.65. The van der Waals surface area contributed by atoms with E-state index in [1.807, 2.05) is 0 Å². The first-order valence-corrected chi connectivity index (χ1v) is 11.4. The van der Waals surface area contributed by atoms with Crippen molar-refractivity contribution in [2.75, 3.05) is 13.1 Å². The fourth-order valence-electron chi connectivity index (χ4n) is 5.65. The Morgan fingerprint density at radius 3 is 2.66 bits per heavy atom. The molecule has 4 aliphatic rings. The van der Waals surface area contributed by atoms with E-state index in [0.29, 0.717) is 19.4 Å². The first-order chi connectivity index (χ1) is 15.4. The van der Waals surface area contributed by atoms with E-state index in [1.54, 1.807) is 0 Å². The zero-order chi connectivity index (χ0) is 22.4. The van der Waals surface area contributed by atoms with Crippen LogP contribution in [-0.2, 0) is 14.4 Å². The molecule has 1 aromatic rings. The number of nitrogens with one attached hydrogen (secondary N) is 2. The van der Waals surface area contributed by atoms with Gasteiger partial charge in [0.1, 0.15) is 17.9 Å². The van der Waals surface area contributed by atoms with Crippen LogP contribution < -0.4 is 10.6 Å². The van der Waals surface area contributed by atoms with Gasteiger partial charge in [0.25, 0.3) is 5.91 Å². The number of amides is 4. The number of nitrogens with zero attached hydrogens (tertiary/aromatic N) is 2. The molecule has 0 radical (unpaired) electrons. The average molecular weight is 442 g/mol. The van der Waals surface area contributed by atoms with Gasteiger partial charge in [0, 0.05) is 30.6 Å². The zero-order valence-electron chi connectivity index (χ0n) is 17.8. The Morgan fingerprint density at radius 1 is 1.12 bits per heavy atom. The van der Waals surface area contributed by atoms with Crippen LogP contribution in [0.25, 0.3) is 0 Å². The molecule has 9 heteroatoms. The van der Waals surface area contributed by atoms with E-state index in [-0.39, 0.29) is 41.8 Å². The third-order valence-corrected chi connectivity index (χ3v) is 7.27. The zero-order valence-corrected chi connectivity index (χ0v) is 17.8. The molecule has 8 nitrogen and oxygen atoms in total. The van der Waals surface area contributed by atoms with Crippen molar-refractivity contribution in [1.29, 1.82) is 0 Å². The number of hydrogen-bond donors (Lipinski definition) is 2. The largest absolute Gasteiger partial charge is 0.351 e. The van der Waals surface area contributed by atoms with Crippen LogP contribution in [0.15, 0.2) is 24.3 Å². The van der Waals surface area contributed by atoms with E-state index in [0.717, 1.165) is 31.7 Å². The van der Waals surface area contributed by atoms with E-state index >= 15 is 0 Å². The number of carbonyl (C=O) groups excluding carboxylic acids is 4. The van der Waals surface area contributed by atoms with Crippen molar-refractivity contribution in [2.45, 2.75) is 62.7 Å². The maximum absolute atomic E-state index is 13.6. The second-order valence-electron chi connectivity index (χ2n) is 9.29. The topological polar surface area (TPSA) is 98.8 Å². The van der Waals surface area contributed by atoms with Crippen molar-refractivity contribution in [3.63, 3.8) is 0 Å². The summed E-state index contributed by atoms with van der Waals surface area (Å²) in [4.78, 5) is 55.0. The van der Waals surface area contributed by atoms with Crippen molar-refractivity contribution in [1.82, 2.24) is 20.4 Å². The minimum atomic E-state index is -0.830. The van der Waals surface area contributed by atoms with Crippen LogP contribution in [0.2, 0.25) is 0 Å². The highest BCUT2D eigenvalue weighted by Crippen LogP contribution is 2.31. The third-order valence-electron chi connectivity index (χ3n) is 7.27. The van der Waals surface area contributed by atoms with Crippen LogP contribution in [-0.4, -0.2) is 70.7 Å². The van der Waals surface area contributed by atoms with Gasteiger partial charge < -0.3 is 20.4 Å². The van der Waals surface area contributed by atoms with Gasteiger partial charge in [-0.3, -0.25) is 19.2 Å².